The van der Waals surface area contributed by atoms with Crippen LogP contribution in [-0.2, 0) is 4.79 Å². The molecule has 2 aromatic rings. The van der Waals surface area contributed by atoms with Crippen molar-refractivity contribution in [1.82, 2.24) is 20.2 Å². The third-order valence-electron chi connectivity index (χ3n) is 5.21. The van der Waals surface area contributed by atoms with Gasteiger partial charge in [0, 0.05) is 12.1 Å². The van der Waals surface area contributed by atoms with Crippen molar-refractivity contribution in [2.24, 2.45) is 0 Å². The van der Waals surface area contributed by atoms with Crippen LogP contribution in [0, 0.1) is 0 Å². The lowest BCUT2D eigenvalue weighted by Gasteiger charge is -2.22. The van der Waals surface area contributed by atoms with Gasteiger partial charge in [-0.3, -0.25) is 19.5 Å². The highest BCUT2D eigenvalue weighted by atomic mass is 32.2. The Kier molecular flexibility index (Phi) is 5.66. The van der Waals surface area contributed by atoms with Gasteiger partial charge >= 0.3 is 6.03 Å². The van der Waals surface area contributed by atoms with Crippen LogP contribution in [0.25, 0.3) is 10.9 Å². The summed E-state index contributed by atoms with van der Waals surface area (Å²) < 4.78 is 1.70. The molecule has 28 heavy (non-hydrogen) atoms. The van der Waals surface area contributed by atoms with Crippen molar-refractivity contribution in [2.75, 3.05) is 5.75 Å². The summed E-state index contributed by atoms with van der Waals surface area (Å²) in [7, 11) is 0. The van der Waals surface area contributed by atoms with Crippen molar-refractivity contribution >= 4 is 34.6 Å². The third-order valence-corrected chi connectivity index (χ3v) is 6.17. The molecule has 0 aliphatic heterocycles. The zero-order valence-corrected chi connectivity index (χ0v) is 16.5. The van der Waals surface area contributed by atoms with Gasteiger partial charge in [-0.25, -0.2) is 9.78 Å². The molecule has 1 heterocycles. The minimum atomic E-state index is -0.441. The third kappa shape index (κ3) is 4.38. The maximum Gasteiger partial charge on any atom is 0.321 e. The molecule has 0 radical (unpaired) electrons. The molecular weight excluding hydrogens is 376 g/mol. The molecule has 0 atom stereocenters. The summed E-state index contributed by atoms with van der Waals surface area (Å²) in [5, 5.41) is 6.39. The van der Waals surface area contributed by atoms with Gasteiger partial charge in [0.1, 0.15) is 0 Å². The molecule has 0 spiro atoms. The van der Waals surface area contributed by atoms with Gasteiger partial charge in [-0.15, -0.1) is 0 Å². The van der Waals surface area contributed by atoms with E-state index in [0.717, 1.165) is 38.5 Å². The molecule has 2 aliphatic rings. The number of nitrogens with zero attached hydrogens (tertiary/aromatic N) is 2. The Morgan fingerprint density at radius 1 is 1.11 bits per heavy atom. The van der Waals surface area contributed by atoms with Crippen LogP contribution in [0.15, 0.2) is 34.2 Å². The lowest BCUT2D eigenvalue weighted by Crippen LogP contribution is -2.45. The molecule has 148 valence electrons. The van der Waals surface area contributed by atoms with Crippen molar-refractivity contribution < 1.29 is 9.59 Å². The fraction of sp³-hybridized carbons (Fsp3) is 0.500. The number of benzene rings is 1. The first-order chi connectivity index (χ1) is 13.6. The average Bonchev–Trinajstić information content (AvgIpc) is 3.52. The predicted molar refractivity (Wildman–Crippen MR) is 109 cm³/mol. The fourth-order valence-electron chi connectivity index (χ4n) is 3.64. The van der Waals surface area contributed by atoms with E-state index >= 15 is 0 Å². The van der Waals surface area contributed by atoms with E-state index < -0.39 is 6.03 Å². The van der Waals surface area contributed by atoms with E-state index in [2.05, 4.69) is 15.6 Å². The molecule has 7 nitrogen and oxygen atoms in total. The van der Waals surface area contributed by atoms with Gasteiger partial charge in [-0.1, -0.05) is 43.2 Å². The molecule has 1 aromatic heterocycles. The highest BCUT2D eigenvalue weighted by Crippen LogP contribution is 2.36. The molecule has 0 bridgehead atoms. The SMILES string of the molecule is O=C(CSc1nc2ccccc2c(=O)n1C1CC1)NC(=O)NC1CCCCC1. The van der Waals surface area contributed by atoms with Gasteiger partial charge in [-0.2, -0.15) is 0 Å². The van der Waals surface area contributed by atoms with E-state index in [4.69, 9.17) is 0 Å². The number of nitrogens with one attached hydrogen (secondary N) is 2. The minimum Gasteiger partial charge on any atom is -0.335 e. The highest BCUT2D eigenvalue weighted by Gasteiger charge is 2.29. The highest BCUT2D eigenvalue weighted by molar-refractivity contribution is 7.99. The van der Waals surface area contributed by atoms with E-state index in [9.17, 15) is 14.4 Å². The second-order valence-corrected chi connectivity index (χ2v) is 8.41. The number of amides is 3. The number of rotatable bonds is 5. The summed E-state index contributed by atoms with van der Waals surface area (Å²) >= 11 is 1.20. The molecule has 3 amide bonds. The molecule has 1 aromatic carbocycles. The number of thioether (sulfide) groups is 1. The van der Waals surface area contributed by atoms with Crippen LogP contribution in [-0.4, -0.2) is 33.3 Å². The number of urea groups is 1. The molecule has 4 rings (SSSR count). The van der Waals surface area contributed by atoms with Crippen LogP contribution >= 0.6 is 11.8 Å². The Bertz CT molecular complexity index is 948. The molecule has 2 saturated carbocycles. The number of fused-ring (bicyclic) bond motifs is 1. The molecule has 8 heteroatoms. The van der Waals surface area contributed by atoms with E-state index in [0.29, 0.717) is 16.1 Å². The van der Waals surface area contributed by atoms with Crippen molar-refractivity contribution in [3.63, 3.8) is 0 Å². The fourth-order valence-corrected chi connectivity index (χ4v) is 4.51. The molecule has 2 aliphatic carbocycles. The van der Waals surface area contributed by atoms with Crippen LogP contribution in [0.3, 0.4) is 0 Å². The van der Waals surface area contributed by atoms with Gasteiger partial charge < -0.3 is 5.32 Å². The second kappa shape index (κ2) is 8.34. The Labute approximate surface area is 167 Å². The van der Waals surface area contributed by atoms with Gasteiger partial charge in [0.05, 0.1) is 16.7 Å². The summed E-state index contributed by atoms with van der Waals surface area (Å²) in [6.07, 6.45) is 7.25. The topological polar surface area (TPSA) is 93.1 Å². The van der Waals surface area contributed by atoms with Crippen molar-refractivity contribution in [3.05, 3.63) is 34.6 Å². The predicted octanol–water partition coefficient (Wildman–Crippen LogP) is 2.98. The number of hydrogen-bond donors (Lipinski definition) is 2. The first-order valence-electron chi connectivity index (χ1n) is 9.86. The lowest BCUT2D eigenvalue weighted by atomic mass is 9.96. The van der Waals surface area contributed by atoms with Crippen LogP contribution in [0.2, 0.25) is 0 Å². The second-order valence-electron chi connectivity index (χ2n) is 7.46. The largest absolute Gasteiger partial charge is 0.335 e. The van der Waals surface area contributed by atoms with Gasteiger partial charge in [-0.05, 0) is 37.8 Å². The first-order valence-corrected chi connectivity index (χ1v) is 10.8. The number of carbonyl (C=O) groups excluding carboxylic acids is 2. The van der Waals surface area contributed by atoms with Crippen LogP contribution < -0.4 is 16.2 Å². The Morgan fingerprint density at radius 2 is 1.86 bits per heavy atom. The minimum absolute atomic E-state index is 0.0373. The van der Waals surface area contributed by atoms with Crippen LogP contribution in [0.5, 0.6) is 0 Å². The lowest BCUT2D eigenvalue weighted by molar-refractivity contribution is -0.117. The molecule has 0 unspecified atom stereocenters. The normalized spacial score (nSPS) is 17.4. The number of hydrogen-bond acceptors (Lipinski definition) is 5. The monoisotopic (exact) mass is 400 g/mol. The number of carbonyl (C=O) groups is 2. The molecule has 2 fully saturated rings. The number of aromatic nitrogens is 2. The van der Waals surface area contributed by atoms with Gasteiger partial charge in [0.15, 0.2) is 5.16 Å². The number of imide groups is 1. The Balaban J connectivity index is 1.40. The van der Waals surface area contributed by atoms with E-state index in [-0.39, 0.29) is 29.3 Å². The zero-order valence-electron chi connectivity index (χ0n) is 15.6. The summed E-state index contributed by atoms with van der Waals surface area (Å²) in [6.45, 7) is 0. The van der Waals surface area contributed by atoms with Crippen molar-refractivity contribution in [3.8, 4) is 0 Å². The average molecular weight is 401 g/mol. The van der Waals surface area contributed by atoms with Crippen molar-refractivity contribution in [1.29, 1.82) is 0 Å². The van der Waals surface area contributed by atoms with Gasteiger partial charge in [0.2, 0.25) is 5.91 Å². The summed E-state index contributed by atoms with van der Waals surface area (Å²) in [5.41, 5.74) is 0.563. The summed E-state index contributed by atoms with van der Waals surface area (Å²) in [5.74, 6) is -0.349. The maximum absolute atomic E-state index is 12.8. The van der Waals surface area contributed by atoms with E-state index in [1.807, 2.05) is 12.1 Å². The van der Waals surface area contributed by atoms with E-state index in [1.54, 1.807) is 16.7 Å². The number of para-hydroxylation sites is 1. The summed E-state index contributed by atoms with van der Waals surface area (Å²) in [6, 6.07) is 7.11. The van der Waals surface area contributed by atoms with Crippen LogP contribution in [0.1, 0.15) is 51.0 Å². The molecular formula is C20H24N4O3S. The quantitative estimate of drug-likeness (QED) is 0.595. The molecule has 0 saturated heterocycles. The zero-order chi connectivity index (χ0) is 19.5. The Morgan fingerprint density at radius 3 is 2.61 bits per heavy atom. The Hall–Kier alpha value is -2.35. The maximum atomic E-state index is 12.8. The summed E-state index contributed by atoms with van der Waals surface area (Å²) in [4.78, 5) is 41.6. The first kappa shape index (κ1) is 19.0. The van der Waals surface area contributed by atoms with Gasteiger partial charge in [0.25, 0.3) is 5.56 Å². The standard InChI is InChI=1S/C20H24N4O3S/c25-17(23-19(27)21-13-6-2-1-3-7-13)12-28-20-22-16-9-5-4-8-15(16)18(26)24(20)14-10-11-14/h4-5,8-9,13-14H,1-3,6-7,10-12H2,(H2,21,23,25,27). The van der Waals surface area contributed by atoms with Crippen molar-refractivity contribution in [2.45, 2.75) is 62.2 Å². The molecule has 2 N–H and O–H groups in total. The van der Waals surface area contributed by atoms with Crippen LogP contribution in [0.4, 0.5) is 4.79 Å². The van der Waals surface area contributed by atoms with E-state index in [1.165, 1.54) is 18.2 Å². The smallest absolute Gasteiger partial charge is 0.321 e.